The molecule has 0 spiro atoms. The minimum Gasteiger partial charge on any atom is -0.507 e. The standard InChI is InChI=1S/C10H11IO3/c1-6-3-8(11)4-7(10(6)13)5-9(12)14-2/h3-4,13H,5H2,1-2H3. The SMILES string of the molecule is COC(=O)Cc1cc(I)cc(C)c1O. The second-order valence-corrected chi connectivity index (χ2v) is 4.23. The van der Waals surface area contributed by atoms with Gasteiger partial charge in [-0.25, -0.2) is 0 Å². The molecule has 0 heterocycles. The van der Waals surface area contributed by atoms with Gasteiger partial charge < -0.3 is 9.84 Å². The van der Waals surface area contributed by atoms with Gasteiger partial charge in [-0.3, -0.25) is 4.79 Å². The molecule has 0 saturated carbocycles. The molecule has 0 aliphatic heterocycles. The minimum absolute atomic E-state index is 0.111. The molecule has 14 heavy (non-hydrogen) atoms. The van der Waals surface area contributed by atoms with Crippen LogP contribution < -0.4 is 0 Å². The Morgan fingerprint density at radius 2 is 2.21 bits per heavy atom. The molecular formula is C10H11IO3. The molecule has 0 atom stereocenters. The number of hydrogen-bond acceptors (Lipinski definition) is 3. The van der Waals surface area contributed by atoms with Crippen LogP contribution in [0.25, 0.3) is 0 Å². The van der Waals surface area contributed by atoms with E-state index in [4.69, 9.17) is 0 Å². The maximum Gasteiger partial charge on any atom is 0.310 e. The molecular weight excluding hydrogens is 295 g/mol. The quantitative estimate of drug-likeness (QED) is 0.672. The number of rotatable bonds is 2. The summed E-state index contributed by atoms with van der Waals surface area (Å²) >= 11 is 2.14. The summed E-state index contributed by atoms with van der Waals surface area (Å²) < 4.78 is 5.53. The van der Waals surface area contributed by atoms with Crippen molar-refractivity contribution in [2.24, 2.45) is 0 Å². The maximum atomic E-state index is 11.0. The van der Waals surface area contributed by atoms with Crippen LogP contribution in [0, 0.1) is 10.5 Å². The maximum absolute atomic E-state index is 11.0. The van der Waals surface area contributed by atoms with E-state index < -0.39 is 0 Å². The number of aryl methyl sites for hydroxylation is 1. The van der Waals surface area contributed by atoms with E-state index in [0.29, 0.717) is 5.56 Å². The fraction of sp³-hybridized carbons (Fsp3) is 0.300. The van der Waals surface area contributed by atoms with Crippen LogP contribution in [0.5, 0.6) is 5.75 Å². The van der Waals surface area contributed by atoms with Crippen LogP contribution in [0.15, 0.2) is 12.1 Å². The highest BCUT2D eigenvalue weighted by Gasteiger charge is 2.10. The van der Waals surface area contributed by atoms with Gasteiger partial charge in [-0.15, -0.1) is 0 Å². The molecule has 0 amide bonds. The van der Waals surface area contributed by atoms with Crippen molar-refractivity contribution in [2.45, 2.75) is 13.3 Å². The summed E-state index contributed by atoms with van der Waals surface area (Å²) in [5, 5.41) is 9.66. The number of ether oxygens (including phenoxy) is 1. The van der Waals surface area contributed by atoms with Crippen LogP contribution in [0.3, 0.4) is 0 Å². The molecule has 0 radical (unpaired) electrons. The van der Waals surface area contributed by atoms with Crippen molar-refractivity contribution in [3.63, 3.8) is 0 Å². The Balaban J connectivity index is 3.02. The topological polar surface area (TPSA) is 46.5 Å². The number of phenols is 1. The van der Waals surface area contributed by atoms with E-state index in [1.165, 1.54) is 7.11 Å². The highest BCUT2D eigenvalue weighted by atomic mass is 127. The average molecular weight is 306 g/mol. The summed E-state index contributed by atoms with van der Waals surface area (Å²) in [6, 6.07) is 3.64. The van der Waals surface area contributed by atoms with Gasteiger partial charge in [0, 0.05) is 9.13 Å². The normalized spacial score (nSPS) is 9.93. The van der Waals surface area contributed by atoms with Gasteiger partial charge in [0.2, 0.25) is 0 Å². The monoisotopic (exact) mass is 306 g/mol. The number of methoxy groups -OCH3 is 1. The van der Waals surface area contributed by atoms with Gasteiger partial charge in [0.15, 0.2) is 0 Å². The Labute approximate surface area is 96.2 Å². The van der Waals surface area contributed by atoms with Crippen molar-refractivity contribution in [1.82, 2.24) is 0 Å². The third kappa shape index (κ3) is 2.60. The van der Waals surface area contributed by atoms with Crippen LogP contribution in [0.1, 0.15) is 11.1 Å². The largest absolute Gasteiger partial charge is 0.507 e. The molecule has 0 fully saturated rings. The van der Waals surface area contributed by atoms with E-state index in [2.05, 4.69) is 27.3 Å². The predicted octanol–water partition coefficient (Wildman–Crippen LogP) is 2.02. The number of esters is 1. The minimum atomic E-state index is -0.346. The first-order valence-electron chi connectivity index (χ1n) is 4.09. The molecule has 0 aliphatic carbocycles. The highest BCUT2D eigenvalue weighted by molar-refractivity contribution is 14.1. The molecule has 0 aliphatic rings. The number of halogens is 1. The van der Waals surface area contributed by atoms with Gasteiger partial charge in [0.25, 0.3) is 0 Å². The van der Waals surface area contributed by atoms with E-state index >= 15 is 0 Å². The lowest BCUT2D eigenvalue weighted by molar-refractivity contribution is -0.139. The smallest absolute Gasteiger partial charge is 0.310 e. The van der Waals surface area contributed by atoms with Gasteiger partial charge in [-0.05, 0) is 47.2 Å². The first kappa shape index (κ1) is 11.3. The molecule has 76 valence electrons. The van der Waals surface area contributed by atoms with Gasteiger partial charge in [-0.2, -0.15) is 0 Å². The van der Waals surface area contributed by atoms with E-state index in [1.54, 1.807) is 13.0 Å². The lowest BCUT2D eigenvalue weighted by Gasteiger charge is -2.06. The molecule has 1 N–H and O–H groups in total. The highest BCUT2D eigenvalue weighted by Crippen LogP contribution is 2.25. The van der Waals surface area contributed by atoms with Crippen molar-refractivity contribution in [3.8, 4) is 5.75 Å². The van der Waals surface area contributed by atoms with E-state index in [-0.39, 0.29) is 18.1 Å². The first-order valence-corrected chi connectivity index (χ1v) is 5.17. The third-order valence-corrected chi connectivity index (χ3v) is 2.53. The Morgan fingerprint density at radius 3 is 2.79 bits per heavy atom. The van der Waals surface area contributed by atoms with Crippen molar-refractivity contribution in [3.05, 3.63) is 26.8 Å². The molecule has 0 unspecified atom stereocenters. The first-order chi connectivity index (χ1) is 6.54. The number of hydrogen-bond donors (Lipinski definition) is 1. The number of benzene rings is 1. The van der Waals surface area contributed by atoms with Crippen LogP contribution >= 0.6 is 22.6 Å². The number of phenolic OH excluding ortho intramolecular Hbond substituents is 1. The molecule has 1 aromatic carbocycles. The van der Waals surface area contributed by atoms with Gasteiger partial charge in [-0.1, -0.05) is 0 Å². The molecule has 0 saturated heterocycles. The van der Waals surface area contributed by atoms with Gasteiger partial charge in [0.1, 0.15) is 5.75 Å². The predicted molar refractivity (Wildman–Crippen MR) is 61.3 cm³/mol. The average Bonchev–Trinajstić information content (AvgIpc) is 2.13. The van der Waals surface area contributed by atoms with Gasteiger partial charge >= 0.3 is 5.97 Å². The zero-order valence-electron chi connectivity index (χ0n) is 8.00. The number of aromatic hydroxyl groups is 1. The third-order valence-electron chi connectivity index (χ3n) is 1.91. The number of carbonyl (C=O) groups is 1. The molecule has 0 bridgehead atoms. The summed E-state index contributed by atoms with van der Waals surface area (Å²) in [6.45, 7) is 1.80. The summed E-state index contributed by atoms with van der Waals surface area (Å²) in [5.41, 5.74) is 1.39. The Kier molecular flexibility index (Phi) is 3.74. The lowest BCUT2D eigenvalue weighted by atomic mass is 10.1. The molecule has 1 rings (SSSR count). The van der Waals surface area contributed by atoms with E-state index in [9.17, 15) is 9.90 Å². The van der Waals surface area contributed by atoms with Crippen molar-refractivity contribution < 1.29 is 14.6 Å². The lowest BCUT2D eigenvalue weighted by Crippen LogP contribution is -2.05. The van der Waals surface area contributed by atoms with Crippen LogP contribution in [-0.4, -0.2) is 18.2 Å². The van der Waals surface area contributed by atoms with Crippen molar-refractivity contribution in [2.75, 3.05) is 7.11 Å². The van der Waals surface area contributed by atoms with Crippen LogP contribution in [-0.2, 0) is 16.0 Å². The van der Waals surface area contributed by atoms with E-state index in [1.807, 2.05) is 6.07 Å². The van der Waals surface area contributed by atoms with Crippen molar-refractivity contribution >= 4 is 28.6 Å². The molecule has 0 aromatic heterocycles. The molecule has 3 nitrogen and oxygen atoms in total. The van der Waals surface area contributed by atoms with Crippen LogP contribution in [0.4, 0.5) is 0 Å². The van der Waals surface area contributed by atoms with E-state index in [0.717, 1.165) is 9.13 Å². The zero-order chi connectivity index (χ0) is 10.7. The summed E-state index contributed by atoms with van der Waals surface area (Å²) in [6.07, 6.45) is 0.111. The van der Waals surface area contributed by atoms with Crippen LogP contribution in [0.2, 0.25) is 0 Å². The Morgan fingerprint density at radius 1 is 1.57 bits per heavy atom. The summed E-state index contributed by atoms with van der Waals surface area (Å²) in [4.78, 5) is 11.0. The fourth-order valence-corrected chi connectivity index (χ4v) is 2.01. The zero-order valence-corrected chi connectivity index (χ0v) is 10.2. The number of carbonyl (C=O) groups excluding carboxylic acids is 1. The molecule has 4 heteroatoms. The Hall–Kier alpha value is -0.780. The van der Waals surface area contributed by atoms with Crippen molar-refractivity contribution in [1.29, 1.82) is 0 Å². The Bertz CT molecular complexity index is 361. The second-order valence-electron chi connectivity index (χ2n) is 2.98. The fourth-order valence-electron chi connectivity index (χ4n) is 1.17. The second kappa shape index (κ2) is 4.63. The molecule has 1 aromatic rings. The summed E-state index contributed by atoms with van der Waals surface area (Å²) in [7, 11) is 1.33. The summed E-state index contributed by atoms with van der Waals surface area (Å²) in [5.74, 6) is -0.169. The van der Waals surface area contributed by atoms with Gasteiger partial charge in [0.05, 0.1) is 13.5 Å².